The third-order valence-corrected chi connectivity index (χ3v) is 5.42. The summed E-state index contributed by atoms with van der Waals surface area (Å²) in [4.78, 5) is 6.94. The molecule has 2 N–H and O–H groups in total. The first-order chi connectivity index (χ1) is 12.6. The minimum atomic E-state index is 0.631. The molecule has 0 amide bonds. The smallest absolute Gasteiger partial charge is 0.191 e. The summed E-state index contributed by atoms with van der Waals surface area (Å²) in [7, 11) is 1.82. The number of furan rings is 1. The van der Waals surface area contributed by atoms with Gasteiger partial charge in [-0.2, -0.15) is 0 Å². The van der Waals surface area contributed by atoms with Crippen LogP contribution in [0.15, 0.2) is 33.7 Å². The second-order valence-corrected chi connectivity index (χ2v) is 7.55. The predicted octanol–water partition coefficient (Wildman–Crippen LogP) is 3.53. The number of nitrogens with zero attached hydrogens (tertiary/aromatic N) is 2. The lowest BCUT2D eigenvalue weighted by atomic mass is 9.97. The van der Waals surface area contributed by atoms with E-state index in [9.17, 15) is 0 Å². The van der Waals surface area contributed by atoms with Crippen LogP contribution in [0, 0.1) is 12.8 Å². The fourth-order valence-electron chi connectivity index (χ4n) is 3.75. The molecule has 1 unspecified atom stereocenters. The zero-order chi connectivity index (χ0) is 18.5. The topological polar surface area (TPSA) is 52.8 Å². The summed E-state index contributed by atoms with van der Waals surface area (Å²) in [6, 6.07) is 8.81. The lowest BCUT2D eigenvalue weighted by Gasteiger charge is -2.35. The van der Waals surface area contributed by atoms with E-state index in [1.807, 2.05) is 25.2 Å². The highest BCUT2D eigenvalue weighted by Gasteiger charge is 2.21. The molecule has 1 aliphatic heterocycles. The van der Waals surface area contributed by atoms with Crippen molar-refractivity contribution in [2.24, 2.45) is 10.9 Å². The van der Waals surface area contributed by atoms with Crippen LogP contribution in [0.1, 0.15) is 38.0 Å². The van der Waals surface area contributed by atoms with Gasteiger partial charge >= 0.3 is 0 Å². The molecule has 1 saturated heterocycles. The number of piperidine rings is 1. The van der Waals surface area contributed by atoms with Crippen LogP contribution in [0.3, 0.4) is 0 Å². The number of rotatable bonds is 5. The van der Waals surface area contributed by atoms with Gasteiger partial charge in [-0.3, -0.25) is 4.99 Å². The van der Waals surface area contributed by atoms with Crippen molar-refractivity contribution >= 4 is 16.9 Å². The van der Waals surface area contributed by atoms with Crippen molar-refractivity contribution in [3.05, 3.63) is 35.6 Å². The van der Waals surface area contributed by atoms with Crippen molar-refractivity contribution in [2.45, 2.75) is 46.2 Å². The number of hydrogen-bond acceptors (Lipinski definition) is 3. The van der Waals surface area contributed by atoms with E-state index >= 15 is 0 Å². The van der Waals surface area contributed by atoms with Crippen molar-refractivity contribution in [3.63, 3.8) is 0 Å². The van der Waals surface area contributed by atoms with Crippen molar-refractivity contribution < 1.29 is 4.42 Å². The van der Waals surface area contributed by atoms with Gasteiger partial charge in [-0.15, -0.1) is 0 Å². The van der Waals surface area contributed by atoms with Gasteiger partial charge in [-0.1, -0.05) is 18.2 Å². The van der Waals surface area contributed by atoms with Crippen molar-refractivity contribution in [1.29, 1.82) is 0 Å². The molecular weight excluding hydrogens is 324 g/mol. The number of para-hydroxylation sites is 1. The highest BCUT2D eigenvalue weighted by molar-refractivity contribution is 5.82. The van der Waals surface area contributed by atoms with Gasteiger partial charge in [0.25, 0.3) is 0 Å². The maximum Gasteiger partial charge on any atom is 0.191 e. The van der Waals surface area contributed by atoms with Crippen molar-refractivity contribution in [1.82, 2.24) is 15.5 Å². The van der Waals surface area contributed by atoms with E-state index in [4.69, 9.17) is 4.42 Å². The largest absolute Gasteiger partial charge is 0.459 e. The molecule has 2 aromatic rings. The van der Waals surface area contributed by atoms with Crippen LogP contribution < -0.4 is 10.6 Å². The first-order valence-corrected chi connectivity index (χ1v) is 9.74. The fraction of sp³-hybridized carbons (Fsp3) is 0.571. The maximum atomic E-state index is 5.98. The van der Waals surface area contributed by atoms with Gasteiger partial charge in [-0.25, -0.2) is 0 Å². The molecule has 3 rings (SSSR count). The molecule has 0 aliphatic carbocycles. The molecule has 142 valence electrons. The van der Waals surface area contributed by atoms with Crippen LogP contribution in [-0.2, 0) is 6.54 Å². The molecule has 1 fully saturated rings. The van der Waals surface area contributed by atoms with Gasteiger partial charge < -0.3 is 20.0 Å². The van der Waals surface area contributed by atoms with Gasteiger partial charge in [0.1, 0.15) is 11.3 Å². The number of hydrogen-bond donors (Lipinski definition) is 2. The normalized spacial score (nSPS) is 19.3. The number of likely N-dealkylation sites (tertiary alicyclic amines) is 1. The van der Waals surface area contributed by atoms with Gasteiger partial charge in [-0.05, 0) is 52.1 Å². The summed E-state index contributed by atoms with van der Waals surface area (Å²) in [6.45, 7) is 10.7. The van der Waals surface area contributed by atoms with Crippen LogP contribution in [0.4, 0.5) is 0 Å². The highest BCUT2D eigenvalue weighted by Crippen LogP contribution is 2.24. The Morgan fingerprint density at radius 2 is 2.12 bits per heavy atom. The number of aryl methyl sites for hydroxylation is 1. The minimum absolute atomic E-state index is 0.631. The summed E-state index contributed by atoms with van der Waals surface area (Å²) in [6.07, 6.45) is 2.57. The average Bonchev–Trinajstić information content (AvgIpc) is 2.98. The number of fused-ring (bicyclic) bond motifs is 1. The average molecular weight is 357 g/mol. The van der Waals surface area contributed by atoms with Crippen LogP contribution in [-0.4, -0.2) is 43.6 Å². The van der Waals surface area contributed by atoms with Crippen LogP contribution in [0.25, 0.3) is 11.0 Å². The fourth-order valence-corrected chi connectivity index (χ4v) is 3.75. The van der Waals surface area contributed by atoms with E-state index in [0.29, 0.717) is 18.5 Å². The molecule has 2 heterocycles. The standard InChI is InChI=1S/C21H32N4O/c1-15(2)25-11-7-8-17(14-25)12-23-21(22-4)24-13-20-16(3)18-9-5-6-10-19(18)26-20/h5-6,9-10,15,17H,7-8,11-14H2,1-4H3,(H2,22,23,24). The number of aliphatic imine (C=N–C) groups is 1. The first kappa shape index (κ1) is 18.8. The predicted molar refractivity (Wildman–Crippen MR) is 109 cm³/mol. The molecule has 0 saturated carbocycles. The Balaban J connectivity index is 1.52. The Bertz CT molecular complexity index is 750. The van der Waals surface area contributed by atoms with Crippen molar-refractivity contribution in [3.8, 4) is 0 Å². The molecule has 0 radical (unpaired) electrons. The van der Waals surface area contributed by atoms with Crippen LogP contribution in [0.2, 0.25) is 0 Å². The van der Waals surface area contributed by atoms with Crippen LogP contribution >= 0.6 is 0 Å². The second kappa shape index (κ2) is 8.58. The van der Waals surface area contributed by atoms with E-state index in [1.165, 1.54) is 36.9 Å². The van der Waals surface area contributed by atoms with Crippen LogP contribution in [0.5, 0.6) is 0 Å². The Morgan fingerprint density at radius 1 is 1.31 bits per heavy atom. The molecule has 0 spiro atoms. The number of guanidine groups is 1. The van der Waals surface area contributed by atoms with E-state index in [1.54, 1.807) is 0 Å². The van der Waals surface area contributed by atoms with E-state index in [2.05, 4.69) is 47.4 Å². The molecule has 1 aromatic heterocycles. The molecule has 26 heavy (non-hydrogen) atoms. The van der Waals surface area contributed by atoms with E-state index in [-0.39, 0.29) is 0 Å². The SMILES string of the molecule is CN=C(NCc1oc2ccccc2c1C)NCC1CCCN(C(C)C)C1. The summed E-state index contributed by atoms with van der Waals surface area (Å²) < 4.78 is 5.98. The Hall–Kier alpha value is -2.01. The van der Waals surface area contributed by atoms with E-state index < -0.39 is 0 Å². The third kappa shape index (κ3) is 4.39. The zero-order valence-electron chi connectivity index (χ0n) is 16.5. The summed E-state index contributed by atoms with van der Waals surface area (Å²) >= 11 is 0. The molecule has 1 aliphatic rings. The Kier molecular flexibility index (Phi) is 6.20. The third-order valence-electron chi connectivity index (χ3n) is 5.42. The maximum absolute atomic E-state index is 5.98. The molecule has 1 atom stereocenters. The highest BCUT2D eigenvalue weighted by atomic mass is 16.3. The summed E-state index contributed by atoms with van der Waals surface area (Å²) in [5.41, 5.74) is 2.14. The number of benzene rings is 1. The molecule has 1 aromatic carbocycles. The number of nitrogens with one attached hydrogen (secondary N) is 2. The second-order valence-electron chi connectivity index (χ2n) is 7.55. The van der Waals surface area contributed by atoms with Gasteiger partial charge in [0.2, 0.25) is 0 Å². The molecular formula is C21H32N4O. The minimum Gasteiger partial charge on any atom is -0.459 e. The van der Waals surface area contributed by atoms with Gasteiger partial charge in [0, 0.05) is 37.1 Å². The van der Waals surface area contributed by atoms with E-state index in [0.717, 1.165) is 23.8 Å². The van der Waals surface area contributed by atoms with Gasteiger partial charge in [0.15, 0.2) is 5.96 Å². The Morgan fingerprint density at radius 3 is 2.85 bits per heavy atom. The first-order valence-electron chi connectivity index (χ1n) is 9.74. The Labute approximate surface area is 156 Å². The quantitative estimate of drug-likeness (QED) is 0.636. The summed E-state index contributed by atoms with van der Waals surface area (Å²) in [5, 5.41) is 8.07. The molecule has 5 nitrogen and oxygen atoms in total. The van der Waals surface area contributed by atoms with Crippen molar-refractivity contribution in [2.75, 3.05) is 26.7 Å². The molecule has 5 heteroatoms. The lowest BCUT2D eigenvalue weighted by Crippen LogP contribution is -2.46. The summed E-state index contributed by atoms with van der Waals surface area (Å²) in [5.74, 6) is 2.49. The molecule has 0 bridgehead atoms. The monoisotopic (exact) mass is 356 g/mol. The zero-order valence-corrected chi connectivity index (χ0v) is 16.5. The lowest BCUT2D eigenvalue weighted by molar-refractivity contribution is 0.141. The van der Waals surface area contributed by atoms with Gasteiger partial charge in [0.05, 0.1) is 6.54 Å².